The Bertz CT molecular complexity index is 88.4. The number of oxime groups is 1. The Balaban J connectivity index is 3.71. The maximum absolute atomic E-state index is 8.52. The van der Waals surface area contributed by atoms with Gasteiger partial charge in [-0.3, -0.25) is 0 Å². The van der Waals surface area contributed by atoms with E-state index in [1.54, 1.807) is 13.8 Å². The highest BCUT2D eigenvalue weighted by Crippen LogP contribution is 2.08. The molecule has 0 atom stereocenters. The van der Waals surface area contributed by atoms with E-state index in [2.05, 4.69) is 5.16 Å². The maximum atomic E-state index is 8.52. The number of hydrogen-bond donors (Lipinski definition) is 2. The molecule has 2 N–H and O–H groups in total. The lowest BCUT2D eigenvalue weighted by Crippen LogP contribution is -2.17. The van der Waals surface area contributed by atoms with E-state index in [0.717, 1.165) is 0 Å². The summed E-state index contributed by atoms with van der Waals surface area (Å²) < 4.78 is 0. The minimum absolute atomic E-state index is 0.00292. The van der Waals surface area contributed by atoms with E-state index >= 15 is 0 Å². The number of hydrogen-bond acceptors (Lipinski definition) is 3. The van der Waals surface area contributed by atoms with Gasteiger partial charge in [0, 0.05) is 5.41 Å². The van der Waals surface area contributed by atoms with E-state index in [4.69, 9.17) is 10.3 Å². The fraction of sp³-hybridized carbons (Fsp3) is 0.800. The standard InChI is InChI=1S/C5H11NO2/c1-5(2,4-7)3-6-8/h3,7-8H,4H2,1-2H3/b6-3-. The van der Waals surface area contributed by atoms with Crippen molar-refractivity contribution in [2.24, 2.45) is 10.6 Å². The molecule has 48 valence electrons. The van der Waals surface area contributed by atoms with Gasteiger partial charge in [0.2, 0.25) is 0 Å². The Kier molecular flexibility index (Phi) is 2.48. The van der Waals surface area contributed by atoms with Gasteiger partial charge >= 0.3 is 0 Å². The van der Waals surface area contributed by atoms with Crippen molar-refractivity contribution in [2.75, 3.05) is 6.61 Å². The zero-order valence-corrected chi connectivity index (χ0v) is 5.13. The van der Waals surface area contributed by atoms with Gasteiger partial charge in [-0.1, -0.05) is 13.8 Å². The topological polar surface area (TPSA) is 52.8 Å². The van der Waals surface area contributed by atoms with Crippen LogP contribution < -0.4 is 0 Å². The van der Waals surface area contributed by atoms with Crippen molar-refractivity contribution in [3.8, 4) is 0 Å². The summed E-state index contributed by atoms with van der Waals surface area (Å²) in [6.45, 7) is 3.54. The molecule has 0 aromatic carbocycles. The molecule has 0 aliphatic rings. The molecule has 0 saturated heterocycles. The van der Waals surface area contributed by atoms with Gasteiger partial charge in [-0.2, -0.15) is 0 Å². The van der Waals surface area contributed by atoms with E-state index in [0.29, 0.717) is 0 Å². The van der Waals surface area contributed by atoms with Crippen LogP contribution in [0.25, 0.3) is 0 Å². The van der Waals surface area contributed by atoms with Crippen LogP contribution in [0.4, 0.5) is 0 Å². The molecule has 0 radical (unpaired) electrons. The van der Waals surface area contributed by atoms with E-state index < -0.39 is 5.41 Å². The average molecular weight is 117 g/mol. The highest BCUT2D eigenvalue weighted by molar-refractivity contribution is 5.63. The first-order chi connectivity index (χ1) is 3.62. The third-order valence-corrected chi connectivity index (χ3v) is 0.815. The van der Waals surface area contributed by atoms with E-state index in [1.807, 2.05) is 0 Å². The molecule has 0 aromatic rings. The van der Waals surface area contributed by atoms with Crippen molar-refractivity contribution < 1.29 is 10.3 Å². The molecule has 0 unspecified atom stereocenters. The van der Waals surface area contributed by atoms with Gasteiger partial charge in [0.05, 0.1) is 12.8 Å². The van der Waals surface area contributed by atoms with Crippen LogP contribution in [0.1, 0.15) is 13.8 Å². The largest absolute Gasteiger partial charge is 0.411 e. The van der Waals surface area contributed by atoms with Gasteiger partial charge in [0.25, 0.3) is 0 Å². The summed E-state index contributed by atoms with van der Waals surface area (Å²) in [6, 6.07) is 0. The van der Waals surface area contributed by atoms with Crippen LogP contribution >= 0.6 is 0 Å². The zero-order chi connectivity index (χ0) is 6.62. The van der Waals surface area contributed by atoms with Crippen LogP contribution in [0.2, 0.25) is 0 Å². The zero-order valence-electron chi connectivity index (χ0n) is 5.13. The molecular weight excluding hydrogens is 106 g/mol. The normalized spacial score (nSPS) is 12.9. The third-order valence-electron chi connectivity index (χ3n) is 0.815. The lowest BCUT2D eigenvalue weighted by Gasteiger charge is -2.12. The van der Waals surface area contributed by atoms with Gasteiger partial charge in [-0.15, -0.1) is 5.16 Å². The Morgan fingerprint density at radius 1 is 1.62 bits per heavy atom. The third kappa shape index (κ3) is 2.58. The maximum Gasteiger partial charge on any atom is 0.0532 e. The van der Waals surface area contributed by atoms with Crippen LogP contribution in [0.5, 0.6) is 0 Å². The fourth-order valence-electron chi connectivity index (χ4n) is 0.197. The van der Waals surface area contributed by atoms with Gasteiger partial charge in [-0.25, -0.2) is 0 Å². The highest BCUT2D eigenvalue weighted by Gasteiger charge is 2.12. The van der Waals surface area contributed by atoms with E-state index in [9.17, 15) is 0 Å². The van der Waals surface area contributed by atoms with Gasteiger partial charge in [0.1, 0.15) is 0 Å². The minimum atomic E-state index is -0.394. The SMILES string of the molecule is CC(C)(/C=N\O)CO. The molecule has 3 nitrogen and oxygen atoms in total. The molecule has 0 rings (SSSR count). The summed E-state index contributed by atoms with van der Waals surface area (Å²) >= 11 is 0. The Morgan fingerprint density at radius 2 is 2.12 bits per heavy atom. The fourth-order valence-corrected chi connectivity index (χ4v) is 0.197. The van der Waals surface area contributed by atoms with Crippen molar-refractivity contribution >= 4 is 6.21 Å². The van der Waals surface area contributed by atoms with Crippen molar-refractivity contribution in [2.45, 2.75) is 13.8 Å². The number of rotatable bonds is 2. The Morgan fingerprint density at radius 3 is 2.25 bits per heavy atom. The summed E-state index contributed by atoms with van der Waals surface area (Å²) in [4.78, 5) is 0. The molecule has 0 spiro atoms. The summed E-state index contributed by atoms with van der Waals surface area (Å²) in [5.41, 5.74) is -0.394. The summed E-state index contributed by atoms with van der Waals surface area (Å²) in [7, 11) is 0. The molecule has 8 heavy (non-hydrogen) atoms. The predicted octanol–water partition coefficient (Wildman–Crippen LogP) is 0.465. The molecule has 0 heterocycles. The second kappa shape index (κ2) is 2.67. The highest BCUT2D eigenvalue weighted by atomic mass is 16.4. The van der Waals surface area contributed by atoms with E-state index in [1.165, 1.54) is 6.21 Å². The Hall–Kier alpha value is -0.570. The van der Waals surface area contributed by atoms with Crippen LogP contribution in [-0.4, -0.2) is 23.1 Å². The first kappa shape index (κ1) is 7.43. The van der Waals surface area contributed by atoms with Gasteiger partial charge < -0.3 is 10.3 Å². The van der Waals surface area contributed by atoms with Crippen molar-refractivity contribution in [1.82, 2.24) is 0 Å². The second-order valence-electron chi connectivity index (χ2n) is 2.39. The van der Waals surface area contributed by atoms with Gasteiger partial charge in [-0.05, 0) is 0 Å². The molecule has 0 amide bonds. The quantitative estimate of drug-likeness (QED) is 0.314. The predicted molar refractivity (Wildman–Crippen MR) is 31.1 cm³/mol. The summed E-state index contributed by atoms with van der Waals surface area (Å²) in [5, 5.41) is 19.3. The molecule has 0 aromatic heterocycles. The number of aliphatic hydroxyl groups excluding tert-OH is 1. The lowest BCUT2D eigenvalue weighted by molar-refractivity contribution is 0.211. The molecule has 0 fully saturated rings. The van der Waals surface area contributed by atoms with Crippen LogP contribution in [-0.2, 0) is 0 Å². The van der Waals surface area contributed by atoms with E-state index in [-0.39, 0.29) is 6.61 Å². The summed E-state index contributed by atoms with van der Waals surface area (Å²) in [5.74, 6) is 0. The summed E-state index contributed by atoms with van der Waals surface area (Å²) in [6.07, 6.45) is 1.30. The minimum Gasteiger partial charge on any atom is -0.411 e. The van der Waals surface area contributed by atoms with Crippen LogP contribution in [0, 0.1) is 5.41 Å². The van der Waals surface area contributed by atoms with Gasteiger partial charge in [0.15, 0.2) is 0 Å². The molecule has 0 aliphatic heterocycles. The van der Waals surface area contributed by atoms with Crippen LogP contribution in [0.3, 0.4) is 0 Å². The van der Waals surface area contributed by atoms with Crippen LogP contribution in [0.15, 0.2) is 5.16 Å². The first-order valence-electron chi connectivity index (χ1n) is 2.42. The molecular formula is C5H11NO2. The van der Waals surface area contributed by atoms with Crippen molar-refractivity contribution in [3.63, 3.8) is 0 Å². The van der Waals surface area contributed by atoms with Crippen molar-refractivity contribution in [3.05, 3.63) is 0 Å². The monoisotopic (exact) mass is 117 g/mol. The smallest absolute Gasteiger partial charge is 0.0532 e. The molecule has 0 saturated carbocycles. The molecule has 0 bridgehead atoms. The Labute approximate surface area is 48.6 Å². The average Bonchev–Trinajstić information content (AvgIpc) is 1.67. The van der Waals surface area contributed by atoms with Crippen molar-refractivity contribution in [1.29, 1.82) is 0 Å². The number of nitrogens with zero attached hydrogens (tertiary/aromatic N) is 1. The second-order valence-corrected chi connectivity index (χ2v) is 2.39. The molecule has 3 heteroatoms. The number of aliphatic hydroxyl groups is 1. The lowest BCUT2D eigenvalue weighted by atomic mass is 9.97. The first-order valence-corrected chi connectivity index (χ1v) is 2.42. The molecule has 0 aliphatic carbocycles.